The Kier molecular flexibility index (Phi) is 8.56. The fourth-order valence-corrected chi connectivity index (χ4v) is 3.42. The molecule has 0 aromatic carbocycles. The van der Waals surface area contributed by atoms with Gasteiger partial charge in [-0.05, 0) is 37.8 Å². The van der Waals surface area contributed by atoms with E-state index in [0.29, 0.717) is 5.92 Å². The highest BCUT2D eigenvalue weighted by molar-refractivity contribution is 5.85. The normalized spacial score (nSPS) is 21.0. The van der Waals surface area contributed by atoms with Crippen LogP contribution in [0.3, 0.4) is 0 Å². The standard InChI is InChI=1S/C17H27F3N4O2.ClH/c1-12(13-4-3-6-21-11-13)10-14(25)22-7-5-16(26,17(18,19)20)15-23-8-9-24(15)2;/h8-9,12-13,21,26H,3-7,10-11H2,1-2H3,(H,22,25);1H. The Balaban J connectivity index is 0.00000364. The molecule has 3 N–H and O–H groups in total. The molecule has 1 aromatic rings. The third-order valence-corrected chi connectivity index (χ3v) is 5.12. The molecule has 0 bridgehead atoms. The van der Waals surface area contributed by atoms with Crippen LogP contribution in [0.15, 0.2) is 12.4 Å². The van der Waals surface area contributed by atoms with Crippen molar-refractivity contribution in [2.75, 3.05) is 19.6 Å². The first-order valence-corrected chi connectivity index (χ1v) is 8.89. The van der Waals surface area contributed by atoms with E-state index in [2.05, 4.69) is 15.6 Å². The highest BCUT2D eigenvalue weighted by Crippen LogP contribution is 2.40. The van der Waals surface area contributed by atoms with E-state index in [1.54, 1.807) is 0 Å². The van der Waals surface area contributed by atoms with Crippen LogP contribution in [0.5, 0.6) is 0 Å². The molecule has 2 rings (SSSR count). The Morgan fingerprint density at radius 3 is 2.74 bits per heavy atom. The monoisotopic (exact) mass is 412 g/mol. The van der Waals surface area contributed by atoms with E-state index in [9.17, 15) is 23.1 Å². The van der Waals surface area contributed by atoms with Crippen molar-refractivity contribution < 1.29 is 23.1 Å². The van der Waals surface area contributed by atoms with Gasteiger partial charge < -0.3 is 20.3 Å². The zero-order valence-electron chi connectivity index (χ0n) is 15.6. The lowest BCUT2D eigenvalue weighted by Crippen LogP contribution is -2.46. The zero-order valence-corrected chi connectivity index (χ0v) is 16.4. The fourth-order valence-electron chi connectivity index (χ4n) is 3.42. The number of alkyl halides is 3. The van der Waals surface area contributed by atoms with Gasteiger partial charge in [0.25, 0.3) is 0 Å². The number of hydrogen-bond donors (Lipinski definition) is 3. The summed E-state index contributed by atoms with van der Waals surface area (Å²) in [4.78, 5) is 15.7. The topological polar surface area (TPSA) is 79.2 Å². The van der Waals surface area contributed by atoms with Gasteiger partial charge >= 0.3 is 6.18 Å². The smallest absolute Gasteiger partial charge is 0.374 e. The number of rotatable bonds is 7. The number of aryl methyl sites for hydroxylation is 1. The van der Waals surface area contributed by atoms with Crippen molar-refractivity contribution in [3.8, 4) is 0 Å². The van der Waals surface area contributed by atoms with Crippen LogP contribution in [0.1, 0.15) is 38.4 Å². The number of nitrogens with one attached hydrogen (secondary N) is 2. The molecule has 156 valence electrons. The second-order valence-corrected chi connectivity index (χ2v) is 7.11. The molecule has 3 atom stereocenters. The summed E-state index contributed by atoms with van der Waals surface area (Å²) in [6, 6.07) is 0. The van der Waals surface area contributed by atoms with Crippen LogP contribution in [0, 0.1) is 11.8 Å². The van der Waals surface area contributed by atoms with Crippen molar-refractivity contribution in [3.63, 3.8) is 0 Å². The summed E-state index contributed by atoms with van der Waals surface area (Å²) in [5, 5.41) is 16.0. The molecule has 1 aliphatic heterocycles. The van der Waals surface area contributed by atoms with Crippen LogP contribution in [0.25, 0.3) is 0 Å². The van der Waals surface area contributed by atoms with Crippen LogP contribution in [0.4, 0.5) is 13.2 Å². The van der Waals surface area contributed by atoms with Gasteiger partial charge in [-0.2, -0.15) is 13.2 Å². The predicted octanol–water partition coefficient (Wildman–Crippen LogP) is 2.12. The van der Waals surface area contributed by atoms with Gasteiger partial charge in [0.2, 0.25) is 11.5 Å². The number of piperidine rings is 1. The van der Waals surface area contributed by atoms with Crippen molar-refractivity contribution in [3.05, 3.63) is 18.2 Å². The maximum Gasteiger partial charge on any atom is 0.424 e. The molecule has 3 unspecified atom stereocenters. The molecular formula is C17H28ClF3N4O2. The van der Waals surface area contributed by atoms with E-state index >= 15 is 0 Å². The number of halogens is 4. The van der Waals surface area contributed by atoms with Gasteiger partial charge in [0.1, 0.15) is 5.82 Å². The Labute approximate surface area is 163 Å². The van der Waals surface area contributed by atoms with Gasteiger partial charge in [-0.1, -0.05) is 6.92 Å². The summed E-state index contributed by atoms with van der Waals surface area (Å²) in [6.45, 7) is 3.55. The van der Waals surface area contributed by atoms with E-state index in [-0.39, 0.29) is 37.2 Å². The average Bonchev–Trinajstić information content (AvgIpc) is 3.01. The van der Waals surface area contributed by atoms with E-state index in [4.69, 9.17) is 0 Å². The third-order valence-electron chi connectivity index (χ3n) is 5.12. The number of carbonyl (C=O) groups is 1. The first-order chi connectivity index (χ1) is 12.1. The molecule has 0 spiro atoms. The Morgan fingerprint density at radius 1 is 1.52 bits per heavy atom. The van der Waals surface area contributed by atoms with Gasteiger partial charge in [-0.25, -0.2) is 4.98 Å². The lowest BCUT2D eigenvalue weighted by molar-refractivity contribution is -0.272. The summed E-state index contributed by atoms with van der Waals surface area (Å²) < 4.78 is 41.3. The molecule has 1 fully saturated rings. The zero-order chi connectivity index (χ0) is 19.4. The lowest BCUT2D eigenvalue weighted by Gasteiger charge is -2.30. The molecule has 2 heterocycles. The number of aromatic nitrogens is 2. The van der Waals surface area contributed by atoms with Gasteiger partial charge in [0.05, 0.1) is 0 Å². The van der Waals surface area contributed by atoms with Crippen molar-refractivity contribution in [2.45, 2.75) is 44.4 Å². The van der Waals surface area contributed by atoms with Gasteiger partial charge in [-0.15, -0.1) is 12.4 Å². The van der Waals surface area contributed by atoms with E-state index < -0.39 is 24.0 Å². The number of aliphatic hydroxyl groups is 1. The van der Waals surface area contributed by atoms with Crippen LogP contribution in [0.2, 0.25) is 0 Å². The highest BCUT2D eigenvalue weighted by Gasteiger charge is 2.57. The highest BCUT2D eigenvalue weighted by atomic mass is 35.5. The van der Waals surface area contributed by atoms with Gasteiger partial charge in [0.15, 0.2) is 0 Å². The summed E-state index contributed by atoms with van der Waals surface area (Å²) in [6.07, 6.45) is -0.661. The van der Waals surface area contributed by atoms with Crippen LogP contribution >= 0.6 is 12.4 Å². The molecule has 27 heavy (non-hydrogen) atoms. The second-order valence-electron chi connectivity index (χ2n) is 7.11. The Bertz CT molecular complexity index is 605. The molecule has 10 heteroatoms. The lowest BCUT2D eigenvalue weighted by atomic mass is 9.85. The summed E-state index contributed by atoms with van der Waals surface area (Å²) in [5.41, 5.74) is -3.10. The molecule has 1 amide bonds. The summed E-state index contributed by atoms with van der Waals surface area (Å²) in [5.74, 6) is -0.235. The van der Waals surface area contributed by atoms with E-state index in [0.717, 1.165) is 30.5 Å². The third kappa shape index (κ3) is 5.83. The number of hydrogen-bond acceptors (Lipinski definition) is 4. The maximum atomic E-state index is 13.4. The second kappa shape index (κ2) is 9.75. The van der Waals surface area contributed by atoms with Crippen molar-refractivity contribution >= 4 is 18.3 Å². The SMILES string of the molecule is CC(CC(=O)NCCC(O)(c1nccn1C)C(F)(F)F)C1CCCNC1.Cl. The van der Waals surface area contributed by atoms with Crippen molar-refractivity contribution in [1.82, 2.24) is 20.2 Å². The van der Waals surface area contributed by atoms with E-state index in [1.165, 1.54) is 19.4 Å². The van der Waals surface area contributed by atoms with Crippen LogP contribution in [-0.4, -0.2) is 46.4 Å². The minimum atomic E-state index is -4.89. The van der Waals surface area contributed by atoms with Crippen LogP contribution < -0.4 is 10.6 Å². The quantitative estimate of drug-likeness (QED) is 0.641. The molecule has 1 aromatic heterocycles. The molecule has 0 saturated carbocycles. The van der Waals surface area contributed by atoms with Crippen molar-refractivity contribution in [2.24, 2.45) is 18.9 Å². The predicted molar refractivity (Wildman–Crippen MR) is 97.4 cm³/mol. The first-order valence-electron chi connectivity index (χ1n) is 8.89. The minimum absolute atomic E-state index is 0. The number of carbonyl (C=O) groups excluding carboxylic acids is 1. The first kappa shape index (κ1) is 23.7. The van der Waals surface area contributed by atoms with Gasteiger partial charge in [0, 0.05) is 38.8 Å². The molecule has 0 radical (unpaired) electrons. The minimum Gasteiger partial charge on any atom is -0.374 e. The molecule has 6 nitrogen and oxygen atoms in total. The molecular weight excluding hydrogens is 385 g/mol. The number of nitrogens with zero attached hydrogens (tertiary/aromatic N) is 2. The summed E-state index contributed by atoms with van der Waals surface area (Å²) >= 11 is 0. The largest absolute Gasteiger partial charge is 0.424 e. The van der Waals surface area contributed by atoms with Gasteiger partial charge in [-0.3, -0.25) is 4.79 Å². The Morgan fingerprint density at radius 2 is 2.22 bits per heavy atom. The summed E-state index contributed by atoms with van der Waals surface area (Å²) in [7, 11) is 1.39. The molecule has 1 saturated heterocycles. The van der Waals surface area contributed by atoms with E-state index in [1.807, 2.05) is 6.92 Å². The number of imidazole rings is 1. The fraction of sp³-hybridized carbons (Fsp3) is 0.765. The molecule has 0 aliphatic carbocycles. The maximum absolute atomic E-state index is 13.4. The average molecular weight is 413 g/mol. The van der Waals surface area contributed by atoms with Crippen molar-refractivity contribution in [1.29, 1.82) is 0 Å². The molecule has 1 aliphatic rings. The number of amides is 1. The Hall–Kier alpha value is -1.32. The van der Waals surface area contributed by atoms with Crippen LogP contribution in [-0.2, 0) is 17.4 Å².